The first-order chi connectivity index (χ1) is 5.29. The fourth-order valence-corrected chi connectivity index (χ4v) is 1.54. The first-order valence-electron chi connectivity index (χ1n) is 3.84. The summed E-state index contributed by atoms with van der Waals surface area (Å²) in [6.45, 7) is 2.55. The van der Waals surface area contributed by atoms with Crippen LogP contribution in [-0.4, -0.2) is 15.3 Å². The number of aryl methyl sites for hydroxylation is 1. The Bertz CT molecular complexity index is 301. The molecular weight excluding hydrogens is 140 g/mol. The van der Waals surface area contributed by atoms with Crippen LogP contribution in [0, 0.1) is 0 Å². The monoisotopic (exact) mass is 150 g/mol. The van der Waals surface area contributed by atoms with Crippen LogP contribution >= 0.6 is 0 Å². The van der Waals surface area contributed by atoms with Crippen LogP contribution in [0.5, 0.6) is 0 Å². The van der Waals surface area contributed by atoms with Gasteiger partial charge in [0.15, 0.2) is 5.78 Å². The summed E-state index contributed by atoms with van der Waals surface area (Å²) in [6, 6.07) is 0. The molecule has 3 nitrogen and oxygen atoms in total. The normalized spacial score (nSPS) is 15.0. The number of imidazole rings is 1. The maximum atomic E-state index is 11.0. The van der Waals surface area contributed by atoms with E-state index < -0.39 is 0 Å². The molecule has 0 saturated heterocycles. The highest BCUT2D eigenvalue weighted by Gasteiger charge is 2.17. The molecule has 0 unspecified atom stereocenters. The summed E-state index contributed by atoms with van der Waals surface area (Å²) in [7, 11) is 0. The molecule has 0 spiro atoms. The number of Topliss-reactive ketones (excluding diaryl/α,β-unsaturated/α-hetero) is 1. The molecule has 3 heteroatoms. The van der Waals surface area contributed by atoms with Crippen LogP contribution in [0.4, 0.5) is 0 Å². The molecule has 0 N–H and O–H groups in total. The van der Waals surface area contributed by atoms with Gasteiger partial charge in [-0.2, -0.15) is 0 Å². The predicted molar refractivity (Wildman–Crippen MR) is 40.6 cm³/mol. The van der Waals surface area contributed by atoms with Gasteiger partial charge in [-0.15, -0.1) is 0 Å². The topological polar surface area (TPSA) is 34.9 Å². The molecule has 0 fully saturated rings. The minimum atomic E-state index is 0.116. The molecule has 0 saturated carbocycles. The van der Waals surface area contributed by atoms with E-state index in [4.69, 9.17) is 0 Å². The fourth-order valence-electron chi connectivity index (χ4n) is 1.54. The molecule has 58 valence electrons. The molecule has 0 bridgehead atoms. The van der Waals surface area contributed by atoms with Gasteiger partial charge < -0.3 is 4.57 Å². The summed E-state index contributed by atoms with van der Waals surface area (Å²) in [5, 5.41) is 0. The van der Waals surface area contributed by atoms with Gasteiger partial charge in [0, 0.05) is 19.9 Å². The number of fused-ring (bicyclic) bond motifs is 1. The lowest BCUT2D eigenvalue weighted by atomic mass is 10.3. The predicted octanol–water partition coefficient (Wildman–Crippen LogP) is 1.03. The van der Waals surface area contributed by atoms with E-state index in [1.165, 1.54) is 0 Å². The van der Waals surface area contributed by atoms with Gasteiger partial charge in [0.1, 0.15) is 11.5 Å². The lowest BCUT2D eigenvalue weighted by Gasteiger charge is -1.98. The molecule has 0 aromatic carbocycles. The molecule has 2 heterocycles. The first kappa shape index (κ1) is 6.58. The van der Waals surface area contributed by atoms with Gasteiger partial charge in [0.2, 0.25) is 0 Å². The number of hydrogen-bond donors (Lipinski definition) is 0. The van der Waals surface area contributed by atoms with E-state index in [1.807, 2.05) is 4.57 Å². The summed E-state index contributed by atoms with van der Waals surface area (Å²) >= 11 is 0. The molecule has 11 heavy (non-hydrogen) atoms. The van der Waals surface area contributed by atoms with Crippen molar-refractivity contribution >= 4 is 5.78 Å². The number of carbonyl (C=O) groups excluding carboxylic acids is 1. The Morgan fingerprint density at radius 3 is 3.27 bits per heavy atom. The van der Waals surface area contributed by atoms with Crippen molar-refractivity contribution < 1.29 is 4.79 Å². The summed E-state index contributed by atoms with van der Waals surface area (Å²) in [5.41, 5.74) is 0.762. The Balaban J connectivity index is 2.50. The SMILES string of the molecule is CC(=O)c1cnc2n1CCC2. The van der Waals surface area contributed by atoms with Crippen LogP contribution in [0.25, 0.3) is 0 Å². The molecule has 0 amide bonds. The van der Waals surface area contributed by atoms with Crippen LogP contribution in [-0.2, 0) is 13.0 Å². The lowest BCUT2D eigenvalue weighted by molar-refractivity contribution is 0.100. The zero-order valence-corrected chi connectivity index (χ0v) is 6.50. The molecule has 1 aromatic rings. The maximum Gasteiger partial charge on any atom is 0.177 e. The van der Waals surface area contributed by atoms with Crippen molar-refractivity contribution in [3.05, 3.63) is 17.7 Å². The fraction of sp³-hybridized carbons (Fsp3) is 0.500. The van der Waals surface area contributed by atoms with Gasteiger partial charge in [-0.25, -0.2) is 4.98 Å². The third-order valence-electron chi connectivity index (χ3n) is 2.08. The molecular formula is C8H10N2O. The van der Waals surface area contributed by atoms with Gasteiger partial charge in [0.25, 0.3) is 0 Å². The smallest absolute Gasteiger partial charge is 0.177 e. The number of ketones is 1. The standard InChI is InChI=1S/C8H10N2O/c1-6(11)7-5-9-8-3-2-4-10(7)8/h5H,2-4H2,1H3. The van der Waals surface area contributed by atoms with E-state index in [9.17, 15) is 4.79 Å². The number of carbonyl (C=O) groups is 1. The molecule has 1 aliphatic rings. The summed E-state index contributed by atoms with van der Waals surface area (Å²) in [6.07, 6.45) is 3.83. The molecule has 0 atom stereocenters. The molecule has 0 aliphatic carbocycles. The highest BCUT2D eigenvalue weighted by atomic mass is 16.1. The van der Waals surface area contributed by atoms with Crippen LogP contribution in [0.15, 0.2) is 6.20 Å². The summed E-state index contributed by atoms with van der Waals surface area (Å²) < 4.78 is 2.02. The van der Waals surface area contributed by atoms with Crippen LogP contribution in [0.1, 0.15) is 29.7 Å². The van der Waals surface area contributed by atoms with Crippen molar-refractivity contribution in [1.29, 1.82) is 0 Å². The second-order valence-corrected chi connectivity index (χ2v) is 2.87. The maximum absolute atomic E-state index is 11.0. The van der Waals surface area contributed by atoms with Crippen molar-refractivity contribution in [3.63, 3.8) is 0 Å². The van der Waals surface area contributed by atoms with E-state index in [2.05, 4.69) is 4.98 Å². The first-order valence-corrected chi connectivity index (χ1v) is 3.84. The van der Waals surface area contributed by atoms with Crippen LogP contribution < -0.4 is 0 Å². The molecule has 1 aromatic heterocycles. The second-order valence-electron chi connectivity index (χ2n) is 2.87. The average Bonchev–Trinajstić information content (AvgIpc) is 2.41. The molecule has 1 aliphatic heterocycles. The average molecular weight is 150 g/mol. The molecule has 2 rings (SSSR count). The number of nitrogens with zero attached hydrogens (tertiary/aromatic N) is 2. The van der Waals surface area contributed by atoms with Crippen LogP contribution in [0.3, 0.4) is 0 Å². The number of hydrogen-bond acceptors (Lipinski definition) is 2. The third kappa shape index (κ3) is 0.878. The number of rotatable bonds is 1. The minimum Gasteiger partial charge on any atom is -0.326 e. The highest BCUT2D eigenvalue weighted by Crippen LogP contribution is 2.15. The Morgan fingerprint density at radius 1 is 1.73 bits per heavy atom. The second kappa shape index (κ2) is 2.19. The Kier molecular flexibility index (Phi) is 1.31. The third-order valence-corrected chi connectivity index (χ3v) is 2.08. The van der Waals surface area contributed by atoms with Gasteiger partial charge in [-0.3, -0.25) is 4.79 Å². The van der Waals surface area contributed by atoms with Crippen molar-refractivity contribution in [2.24, 2.45) is 0 Å². The Labute approximate surface area is 65.1 Å². The van der Waals surface area contributed by atoms with Crippen molar-refractivity contribution in [3.8, 4) is 0 Å². The van der Waals surface area contributed by atoms with E-state index in [-0.39, 0.29) is 5.78 Å². The Morgan fingerprint density at radius 2 is 2.55 bits per heavy atom. The van der Waals surface area contributed by atoms with E-state index >= 15 is 0 Å². The number of aromatic nitrogens is 2. The minimum absolute atomic E-state index is 0.116. The lowest BCUT2D eigenvalue weighted by Crippen LogP contribution is -2.03. The van der Waals surface area contributed by atoms with Gasteiger partial charge in [-0.1, -0.05) is 0 Å². The summed E-state index contributed by atoms with van der Waals surface area (Å²) in [5.74, 6) is 1.18. The van der Waals surface area contributed by atoms with Crippen LogP contribution in [0.2, 0.25) is 0 Å². The van der Waals surface area contributed by atoms with Crippen molar-refractivity contribution in [1.82, 2.24) is 9.55 Å². The highest BCUT2D eigenvalue weighted by molar-refractivity contribution is 5.92. The molecule has 0 radical (unpaired) electrons. The zero-order chi connectivity index (χ0) is 7.84. The largest absolute Gasteiger partial charge is 0.326 e. The zero-order valence-electron chi connectivity index (χ0n) is 6.50. The van der Waals surface area contributed by atoms with Crippen molar-refractivity contribution in [2.45, 2.75) is 26.3 Å². The quantitative estimate of drug-likeness (QED) is 0.560. The van der Waals surface area contributed by atoms with E-state index in [0.29, 0.717) is 0 Å². The Hall–Kier alpha value is -1.12. The van der Waals surface area contributed by atoms with E-state index in [0.717, 1.165) is 30.9 Å². The van der Waals surface area contributed by atoms with Crippen molar-refractivity contribution in [2.75, 3.05) is 0 Å². The summed E-state index contributed by atoms with van der Waals surface area (Å²) in [4.78, 5) is 15.2. The van der Waals surface area contributed by atoms with Gasteiger partial charge in [-0.05, 0) is 6.42 Å². The van der Waals surface area contributed by atoms with Gasteiger partial charge >= 0.3 is 0 Å². The van der Waals surface area contributed by atoms with E-state index in [1.54, 1.807) is 13.1 Å². The van der Waals surface area contributed by atoms with Gasteiger partial charge in [0.05, 0.1) is 6.20 Å².